The third-order valence-electron chi connectivity index (χ3n) is 6.30. The van der Waals surface area contributed by atoms with Crippen molar-refractivity contribution < 1.29 is 9.69 Å². The van der Waals surface area contributed by atoms with Gasteiger partial charge in [-0.15, -0.1) is 11.3 Å². The Labute approximate surface area is 180 Å². The van der Waals surface area contributed by atoms with Crippen molar-refractivity contribution in [2.75, 3.05) is 20.6 Å². The zero-order valence-corrected chi connectivity index (χ0v) is 18.8. The van der Waals surface area contributed by atoms with Crippen molar-refractivity contribution in [3.63, 3.8) is 0 Å². The molecule has 0 saturated heterocycles. The van der Waals surface area contributed by atoms with Crippen molar-refractivity contribution in [2.24, 2.45) is 0 Å². The molecule has 0 atom stereocenters. The quantitative estimate of drug-likeness (QED) is 0.648. The first-order valence-electron chi connectivity index (χ1n) is 10.2. The SMILES string of the molecule is Cc1nn(-c2ccc(Cl)cc2)c2sc(C(=O)NCC3([NH+](C)C)CCCCC3)cc12. The Morgan fingerprint density at radius 2 is 1.93 bits per heavy atom. The zero-order valence-electron chi connectivity index (χ0n) is 17.2. The van der Waals surface area contributed by atoms with Crippen molar-refractivity contribution in [3.05, 3.63) is 45.9 Å². The summed E-state index contributed by atoms with van der Waals surface area (Å²) < 4.78 is 1.90. The average Bonchev–Trinajstić information content (AvgIpc) is 3.28. The summed E-state index contributed by atoms with van der Waals surface area (Å²) in [5.41, 5.74) is 2.02. The summed E-state index contributed by atoms with van der Waals surface area (Å²) >= 11 is 7.51. The van der Waals surface area contributed by atoms with Gasteiger partial charge in [0.1, 0.15) is 10.4 Å². The number of thiophene rings is 1. The van der Waals surface area contributed by atoms with Crippen molar-refractivity contribution in [1.29, 1.82) is 0 Å². The van der Waals surface area contributed by atoms with Crippen LogP contribution >= 0.6 is 22.9 Å². The van der Waals surface area contributed by atoms with E-state index < -0.39 is 0 Å². The number of fused-ring (bicyclic) bond motifs is 1. The Hall–Kier alpha value is -1.89. The van der Waals surface area contributed by atoms with Crippen LogP contribution in [-0.2, 0) is 0 Å². The second kappa shape index (κ2) is 8.09. The topological polar surface area (TPSA) is 51.4 Å². The lowest BCUT2D eigenvalue weighted by atomic mass is 9.80. The molecule has 1 fully saturated rings. The van der Waals surface area contributed by atoms with E-state index in [4.69, 9.17) is 11.6 Å². The van der Waals surface area contributed by atoms with E-state index >= 15 is 0 Å². The molecule has 1 aliphatic carbocycles. The fourth-order valence-corrected chi connectivity index (χ4v) is 5.56. The van der Waals surface area contributed by atoms with Crippen LogP contribution in [0.3, 0.4) is 0 Å². The van der Waals surface area contributed by atoms with Gasteiger partial charge in [-0.3, -0.25) is 4.79 Å². The van der Waals surface area contributed by atoms with E-state index in [1.54, 1.807) is 0 Å². The van der Waals surface area contributed by atoms with E-state index in [1.165, 1.54) is 48.3 Å². The third kappa shape index (κ3) is 3.93. The lowest BCUT2D eigenvalue weighted by molar-refractivity contribution is -0.916. The highest BCUT2D eigenvalue weighted by Gasteiger charge is 2.38. The first kappa shape index (κ1) is 20.4. The molecule has 2 aromatic heterocycles. The number of aromatic nitrogens is 2. The molecule has 1 aliphatic rings. The molecule has 3 aromatic rings. The van der Waals surface area contributed by atoms with Crippen molar-refractivity contribution >= 4 is 39.1 Å². The summed E-state index contributed by atoms with van der Waals surface area (Å²) in [6.07, 6.45) is 6.15. The molecule has 1 aromatic carbocycles. The van der Waals surface area contributed by atoms with Gasteiger partial charge in [0.25, 0.3) is 5.91 Å². The number of benzene rings is 1. The minimum atomic E-state index is 0.0134. The second-order valence-corrected chi connectivity index (χ2v) is 9.79. The minimum absolute atomic E-state index is 0.0134. The molecule has 154 valence electrons. The van der Waals surface area contributed by atoms with E-state index in [0.717, 1.165) is 33.0 Å². The molecule has 0 unspecified atom stereocenters. The summed E-state index contributed by atoms with van der Waals surface area (Å²) in [6, 6.07) is 9.57. The Morgan fingerprint density at radius 3 is 2.59 bits per heavy atom. The van der Waals surface area contributed by atoms with E-state index in [2.05, 4.69) is 24.5 Å². The van der Waals surface area contributed by atoms with Crippen LogP contribution in [0.25, 0.3) is 15.9 Å². The monoisotopic (exact) mass is 431 g/mol. The van der Waals surface area contributed by atoms with Gasteiger partial charge in [0.2, 0.25) is 0 Å². The summed E-state index contributed by atoms with van der Waals surface area (Å²) in [5, 5.41) is 9.61. The number of hydrogen-bond acceptors (Lipinski definition) is 3. The number of rotatable bonds is 5. The van der Waals surface area contributed by atoms with Crippen LogP contribution in [0.1, 0.15) is 47.5 Å². The Morgan fingerprint density at radius 1 is 1.24 bits per heavy atom. The molecule has 5 nitrogen and oxygen atoms in total. The van der Waals surface area contributed by atoms with Gasteiger partial charge in [0.15, 0.2) is 0 Å². The molecule has 1 saturated carbocycles. The lowest BCUT2D eigenvalue weighted by Crippen LogP contribution is -3.16. The third-order valence-corrected chi connectivity index (χ3v) is 7.66. The number of quaternary nitrogens is 1. The number of carbonyl (C=O) groups excluding carboxylic acids is 1. The van der Waals surface area contributed by atoms with Crippen molar-refractivity contribution in [2.45, 2.75) is 44.6 Å². The molecule has 0 aliphatic heterocycles. The van der Waals surface area contributed by atoms with Gasteiger partial charge in [-0.1, -0.05) is 18.0 Å². The maximum atomic E-state index is 13.0. The van der Waals surface area contributed by atoms with E-state index in [9.17, 15) is 4.79 Å². The molecule has 29 heavy (non-hydrogen) atoms. The smallest absolute Gasteiger partial charge is 0.261 e. The normalized spacial score (nSPS) is 16.4. The molecule has 2 N–H and O–H groups in total. The Balaban J connectivity index is 1.57. The standard InChI is InChI=1S/C22H27ClN4OS/c1-15-18-13-19(20(28)24-14-22(26(2)3)11-5-4-6-12-22)29-21(18)27(25-15)17-9-7-16(23)8-10-17/h7-10,13H,4-6,11-12,14H2,1-3H3,(H,24,28)/p+1. The molecule has 0 radical (unpaired) electrons. The molecule has 2 heterocycles. The van der Waals surface area contributed by atoms with E-state index in [-0.39, 0.29) is 11.4 Å². The largest absolute Gasteiger partial charge is 0.345 e. The number of aryl methyl sites for hydroxylation is 1. The molecule has 0 bridgehead atoms. The maximum Gasteiger partial charge on any atom is 0.261 e. The van der Waals surface area contributed by atoms with Crippen LogP contribution in [0.4, 0.5) is 0 Å². The van der Waals surface area contributed by atoms with E-state index in [0.29, 0.717) is 5.02 Å². The fourth-order valence-electron chi connectivity index (χ4n) is 4.34. The highest BCUT2D eigenvalue weighted by atomic mass is 35.5. The number of carbonyl (C=O) groups is 1. The second-order valence-electron chi connectivity index (χ2n) is 8.33. The summed E-state index contributed by atoms with van der Waals surface area (Å²) in [4.78, 5) is 16.1. The Kier molecular flexibility index (Phi) is 5.69. The summed E-state index contributed by atoms with van der Waals surface area (Å²) in [6.45, 7) is 2.71. The molecular weight excluding hydrogens is 404 g/mol. The maximum absolute atomic E-state index is 13.0. The Bertz CT molecular complexity index is 1020. The van der Waals surface area contributed by atoms with Gasteiger partial charge in [-0.2, -0.15) is 5.10 Å². The van der Waals surface area contributed by atoms with Crippen molar-refractivity contribution in [3.8, 4) is 5.69 Å². The lowest BCUT2D eigenvalue weighted by Gasteiger charge is -2.39. The van der Waals surface area contributed by atoms with Gasteiger partial charge in [-0.25, -0.2) is 4.68 Å². The van der Waals surface area contributed by atoms with Gasteiger partial charge in [-0.05, 0) is 50.1 Å². The van der Waals surface area contributed by atoms with Gasteiger partial charge >= 0.3 is 0 Å². The molecule has 0 spiro atoms. The molecule has 1 amide bonds. The number of nitrogens with one attached hydrogen (secondary N) is 2. The fraction of sp³-hybridized carbons (Fsp3) is 0.455. The highest BCUT2D eigenvalue weighted by molar-refractivity contribution is 7.20. The van der Waals surface area contributed by atoms with Crippen LogP contribution in [0.2, 0.25) is 5.02 Å². The number of likely N-dealkylation sites (N-methyl/N-ethyl adjacent to an activating group) is 1. The zero-order chi connectivity index (χ0) is 20.6. The highest BCUT2D eigenvalue weighted by Crippen LogP contribution is 2.31. The van der Waals surface area contributed by atoms with Crippen molar-refractivity contribution in [1.82, 2.24) is 15.1 Å². The number of amides is 1. The summed E-state index contributed by atoms with van der Waals surface area (Å²) in [5.74, 6) is 0.0134. The first-order valence-corrected chi connectivity index (χ1v) is 11.4. The van der Waals surface area contributed by atoms with Crippen LogP contribution < -0.4 is 10.2 Å². The molecular formula is C22H28ClN4OS+. The van der Waals surface area contributed by atoms with Gasteiger partial charge in [0, 0.05) is 23.3 Å². The number of hydrogen-bond donors (Lipinski definition) is 2. The van der Waals surface area contributed by atoms with Crippen LogP contribution in [0.15, 0.2) is 30.3 Å². The van der Waals surface area contributed by atoms with Gasteiger partial charge < -0.3 is 10.2 Å². The number of halogens is 1. The first-order chi connectivity index (χ1) is 13.9. The average molecular weight is 432 g/mol. The van der Waals surface area contributed by atoms with Gasteiger partial charge in [0.05, 0.1) is 36.9 Å². The molecule has 4 rings (SSSR count). The van der Waals surface area contributed by atoms with Crippen LogP contribution in [0, 0.1) is 6.92 Å². The van der Waals surface area contributed by atoms with Crippen LogP contribution in [0.5, 0.6) is 0 Å². The summed E-state index contributed by atoms with van der Waals surface area (Å²) in [7, 11) is 4.42. The van der Waals surface area contributed by atoms with Crippen LogP contribution in [-0.4, -0.2) is 41.9 Å². The number of nitrogens with zero attached hydrogens (tertiary/aromatic N) is 2. The molecule has 7 heteroatoms. The predicted molar refractivity (Wildman–Crippen MR) is 120 cm³/mol. The minimum Gasteiger partial charge on any atom is -0.345 e. The van der Waals surface area contributed by atoms with E-state index in [1.807, 2.05) is 41.9 Å². The predicted octanol–water partition coefficient (Wildman–Crippen LogP) is 3.63.